The Bertz CT molecular complexity index is 1290. The Hall–Kier alpha value is -3.14. The topological polar surface area (TPSA) is 111 Å². The van der Waals surface area contributed by atoms with E-state index in [0.717, 1.165) is 50.6 Å². The summed E-state index contributed by atoms with van der Waals surface area (Å²) in [7, 11) is 1.60. The number of unbranched alkanes of at least 4 members (excludes halogenated alkanes) is 1. The Labute approximate surface area is 273 Å². The van der Waals surface area contributed by atoms with Gasteiger partial charge in [-0.05, 0) is 85.9 Å². The fourth-order valence-corrected chi connectivity index (χ4v) is 7.06. The third kappa shape index (κ3) is 7.81. The summed E-state index contributed by atoms with van der Waals surface area (Å²) >= 11 is 0. The molecule has 3 fully saturated rings. The molecular formula is C35H49ClN4O5. The summed E-state index contributed by atoms with van der Waals surface area (Å²) in [5.74, 6) is 1.71. The zero-order valence-electron chi connectivity index (χ0n) is 26.8. The minimum atomic E-state index is -0.856. The molecule has 0 radical (unpaired) electrons. The maximum Gasteiger partial charge on any atom is 0.251 e. The zero-order valence-corrected chi connectivity index (χ0v) is 27.6. The lowest BCUT2D eigenvalue weighted by Gasteiger charge is -2.52. The van der Waals surface area contributed by atoms with E-state index in [1.807, 2.05) is 29.2 Å². The highest BCUT2D eigenvalue weighted by Crippen LogP contribution is 2.37. The molecule has 3 aliphatic rings. The molecule has 0 aromatic heterocycles. The number of amides is 3. The highest BCUT2D eigenvalue weighted by atomic mass is 35.5. The van der Waals surface area contributed by atoms with Crippen molar-refractivity contribution in [2.45, 2.75) is 89.4 Å². The molecule has 2 aromatic carbocycles. The predicted molar refractivity (Wildman–Crippen MR) is 177 cm³/mol. The van der Waals surface area contributed by atoms with Gasteiger partial charge in [-0.2, -0.15) is 0 Å². The van der Waals surface area contributed by atoms with E-state index in [1.54, 1.807) is 31.3 Å². The molecule has 45 heavy (non-hydrogen) atoms. The highest BCUT2D eigenvalue weighted by Gasteiger charge is 2.55. The molecular weight excluding hydrogens is 592 g/mol. The summed E-state index contributed by atoms with van der Waals surface area (Å²) in [5, 5.41) is 16.9. The molecule has 1 spiro atoms. The molecule has 2 aliphatic heterocycles. The minimum Gasteiger partial charge on any atom is -0.457 e. The number of nitrogens with one attached hydrogen (secondary N) is 2. The van der Waals surface area contributed by atoms with Crippen molar-refractivity contribution in [2.75, 3.05) is 26.7 Å². The monoisotopic (exact) mass is 640 g/mol. The highest BCUT2D eigenvalue weighted by molar-refractivity contribution is 6.00. The number of aliphatic hydroxyl groups is 1. The van der Waals surface area contributed by atoms with Gasteiger partial charge in [0.15, 0.2) is 0 Å². The van der Waals surface area contributed by atoms with Gasteiger partial charge in [0.05, 0.1) is 6.10 Å². The van der Waals surface area contributed by atoms with Gasteiger partial charge in [0.25, 0.3) is 5.91 Å². The number of halogens is 1. The van der Waals surface area contributed by atoms with Crippen LogP contribution in [0.25, 0.3) is 0 Å². The quantitative estimate of drug-likeness (QED) is 0.340. The van der Waals surface area contributed by atoms with E-state index in [1.165, 1.54) is 0 Å². The zero-order chi connectivity index (χ0) is 31.3. The van der Waals surface area contributed by atoms with Crippen LogP contribution in [-0.4, -0.2) is 77.0 Å². The number of likely N-dealkylation sites (tertiary alicyclic amines) is 1. The maximum absolute atomic E-state index is 13.9. The Morgan fingerprint density at radius 3 is 2.20 bits per heavy atom. The number of nitrogens with zero attached hydrogens (tertiary/aromatic N) is 2. The van der Waals surface area contributed by atoms with Crippen molar-refractivity contribution in [3.63, 3.8) is 0 Å². The largest absolute Gasteiger partial charge is 0.457 e. The first kappa shape index (κ1) is 34.7. The van der Waals surface area contributed by atoms with Crippen LogP contribution in [0.15, 0.2) is 48.5 Å². The normalized spacial score (nSPS) is 24.0. The van der Waals surface area contributed by atoms with E-state index >= 15 is 0 Å². The number of ether oxygens (including phenoxy) is 1. The van der Waals surface area contributed by atoms with Crippen molar-refractivity contribution in [3.8, 4) is 11.5 Å². The maximum atomic E-state index is 13.9. The van der Waals surface area contributed by atoms with Crippen molar-refractivity contribution >= 4 is 30.1 Å². The number of piperidine rings is 1. The van der Waals surface area contributed by atoms with Crippen molar-refractivity contribution in [3.05, 3.63) is 59.7 Å². The molecule has 10 heteroatoms. The summed E-state index contributed by atoms with van der Waals surface area (Å²) in [6, 6.07) is 14.1. The van der Waals surface area contributed by atoms with E-state index in [-0.39, 0.29) is 36.0 Å². The number of hydrogen-bond acceptors (Lipinski definition) is 6. The molecule has 2 aromatic rings. The summed E-state index contributed by atoms with van der Waals surface area (Å²) in [4.78, 5) is 43.6. The molecule has 2 atom stereocenters. The van der Waals surface area contributed by atoms with Crippen LogP contribution in [0.5, 0.6) is 11.5 Å². The number of aliphatic hydroxyl groups excluding tert-OH is 1. The van der Waals surface area contributed by atoms with Gasteiger partial charge >= 0.3 is 0 Å². The molecule has 0 bridgehead atoms. The Morgan fingerprint density at radius 1 is 1.02 bits per heavy atom. The van der Waals surface area contributed by atoms with Crippen LogP contribution in [0.3, 0.4) is 0 Å². The fraction of sp³-hybridized carbons (Fsp3) is 0.571. The number of benzene rings is 2. The van der Waals surface area contributed by atoms with E-state index in [9.17, 15) is 19.5 Å². The lowest BCUT2D eigenvalue weighted by Crippen LogP contribution is -2.75. The Kier molecular flexibility index (Phi) is 11.9. The van der Waals surface area contributed by atoms with Crippen molar-refractivity contribution in [1.29, 1.82) is 0 Å². The smallest absolute Gasteiger partial charge is 0.251 e. The second-order valence-electron chi connectivity index (χ2n) is 13.0. The van der Waals surface area contributed by atoms with Gasteiger partial charge < -0.3 is 25.4 Å². The van der Waals surface area contributed by atoms with Crippen LogP contribution in [0.1, 0.15) is 81.1 Å². The van der Waals surface area contributed by atoms with E-state index in [0.29, 0.717) is 55.5 Å². The first-order valence-electron chi connectivity index (χ1n) is 16.4. The fourth-order valence-electron chi connectivity index (χ4n) is 7.06. The van der Waals surface area contributed by atoms with Gasteiger partial charge in [-0.15, -0.1) is 12.4 Å². The second kappa shape index (κ2) is 15.4. The third-order valence-corrected chi connectivity index (χ3v) is 9.97. The summed E-state index contributed by atoms with van der Waals surface area (Å²) in [6.07, 6.45) is 5.99. The van der Waals surface area contributed by atoms with E-state index in [2.05, 4.69) is 29.4 Å². The summed E-state index contributed by atoms with van der Waals surface area (Å²) < 4.78 is 5.96. The van der Waals surface area contributed by atoms with Crippen molar-refractivity contribution in [2.24, 2.45) is 11.8 Å². The van der Waals surface area contributed by atoms with Crippen LogP contribution >= 0.6 is 12.4 Å². The van der Waals surface area contributed by atoms with Crippen LogP contribution in [0.4, 0.5) is 0 Å². The predicted octanol–water partition coefficient (Wildman–Crippen LogP) is 4.91. The number of carbonyl (C=O) groups is 3. The average Bonchev–Trinajstić information content (AvgIpc) is 3.04. The Balaban J connectivity index is 0.00000461. The van der Waals surface area contributed by atoms with Gasteiger partial charge in [0, 0.05) is 38.8 Å². The van der Waals surface area contributed by atoms with Gasteiger partial charge in [-0.25, -0.2) is 0 Å². The standard InChI is InChI=1S/C35H48N4O5.ClH/c1-4-5-20-39-33(42)30(31(40)26-10-6-24(2)7-11-26)37-34(43)35(39)18-21-38(22-19-35)23-25-8-14-28(15-9-25)44-29-16-12-27(13-17-29)32(41)36-3;/h8-9,12-17,24,26,30-31,40H,4-7,10-11,18-23H2,1-3H3,(H,36,41)(H,37,43);1H/t24?,26?,30-,31-;/m1./s1. The first-order chi connectivity index (χ1) is 21.2. The lowest BCUT2D eigenvalue weighted by atomic mass is 9.76. The molecule has 5 rings (SSSR count). The molecule has 246 valence electrons. The number of rotatable bonds is 10. The van der Waals surface area contributed by atoms with Crippen LogP contribution in [-0.2, 0) is 16.1 Å². The van der Waals surface area contributed by atoms with Gasteiger partial charge in [-0.1, -0.05) is 45.2 Å². The van der Waals surface area contributed by atoms with Gasteiger partial charge in [0.1, 0.15) is 23.1 Å². The molecule has 1 aliphatic carbocycles. The van der Waals surface area contributed by atoms with Crippen molar-refractivity contribution in [1.82, 2.24) is 20.4 Å². The van der Waals surface area contributed by atoms with Crippen molar-refractivity contribution < 1.29 is 24.2 Å². The average molecular weight is 641 g/mol. The molecule has 3 N–H and O–H groups in total. The summed E-state index contributed by atoms with van der Waals surface area (Å²) in [6.45, 7) is 7.02. The number of hydrogen-bond donors (Lipinski definition) is 3. The Morgan fingerprint density at radius 2 is 1.62 bits per heavy atom. The molecule has 1 saturated carbocycles. The SMILES string of the molecule is CCCCN1C(=O)[C@@H]([C@H](O)C2CCC(C)CC2)NC(=O)C12CCN(Cc1ccc(Oc3ccc(C(=O)NC)cc3)cc1)CC2.Cl. The molecule has 3 amide bonds. The number of carbonyl (C=O) groups excluding carboxylic acids is 3. The third-order valence-electron chi connectivity index (χ3n) is 9.97. The number of piperazine rings is 1. The molecule has 2 heterocycles. The van der Waals surface area contributed by atoms with Crippen LogP contribution < -0.4 is 15.4 Å². The van der Waals surface area contributed by atoms with Crippen LogP contribution in [0, 0.1) is 11.8 Å². The van der Waals surface area contributed by atoms with E-state index < -0.39 is 17.7 Å². The minimum absolute atomic E-state index is 0. The second-order valence-corrected chi connectivity index (χ2v) is 13.0. The summed E-state index contributed by atoms with van der Waals surface area (Å²) in [5.41, 5.74) is 0.861. The van der Waals surface area contributed by atoms with Crippen LogP contribution in [0.2, 0.25) is 0 Å². The van der Waals surface area contributed by atoms with Gasteiger partial charge in [-0.3, -0.25) is 19.3 Å². The first-order valence-corrected chi connectivity index (χ1v) is 16.4. The van der Waals surface area contributed by atoms with Gasteiger partial charge in [0.2, 0.25) is 11.8 Å². The van der Waals surface area contributed by atoms with E-state index in [4.69, 9.17) is 4.74 Å². The molecule has 2 saturated heterocycles. The molecule has 9 nitrogen and oxygen atoms in total. The molecule has 0 unspecified atom stereocenters. The lowest BCUT2D eigenvalue weighted by molar-refractivity contribution is -0.166.